The molecule has 1 heterocycles. The number of pyridine rings is 1. The minimum atomic E-state index is -4.35. The van der Waals surface area contributed by atoms with Gasteiger partial charge in [0.15, 0.2) is 0 Å². The third kappa shape index (κ3) is 3.73. The van der Waals surface area contributed by atoms with Crippen LogP contribution in [0.3, 0.4) is 0 Å². The molecule has 0 spiro atoms. The van der Waals surface area contributed by atoms with E-state index in [1.165, 1.54) is 6.07 Å². The van der Waals surface area contributed by atoms with Gasteiger partial charge in [-0.25, -0.2) is 0 Å². The van der Waals surface area contributed by atoms with Crippen LogP contribution >= 0.6 is 0 Å². The van der Waals surface area contributed by atoms with Crippen LogP contribution in [0.15, 0.2) is 42.6 Å². The molecule has 0 radical (unpaired) electrons. The van der Waals surface area contributed by atoms with Crippen LogP contribution in [0.5, 0.6) is 0 Å². The maximum atomic E-state index is 12.9. The van der Waals surface area contributed by atoms with Gasteiger partial charge in [-0.2, -0.15) is 13.2 Å². The highest BCUT2D eigenvalue weighted by Crippen LogP contribution is 2.56. The topological polar surface area (TPSA) is 64.9 Å². The van der Waals surface area contributed by atoms with E-state index in [4.69, 9.17) is 11.5 Å². The molecule has 1 aromatic carbocycles. The number of hydrogen-bond acceptors (Lipinski definition) is 3. The average molecular weight is 375 g/mol. The molecule has 0 bridgehead atoms. The Morgan fingerprint density at radius 3 is 2.44 bits per heavy atom. The summed E-state index contributed by atoms with van der Waals surface area (Å²) in [6.45, 7) is 0. The monoisotopic (exact) mass is 375 g/mol. The zero-order chi connectivity index (χ0) is 19.2. The lowest BCUT2D eigenvalue weighted by Crippen LogP contribution is -2.48. The first-order valence-electron chi connectivity index (χ1n) is 9.44. The minimum Gasteiger partial charge on any atom is -0.328 e. The molecule has 3 nitrogen and oxygen atoms in total. The summed E-state index contributed by atoms with van der Waals surface area (Å²) in [5.41, 5.74) is 14.0. The first-order chi connectivity index (χ1) is 12.8. The quantitative estimate of drug-likeness (QED) is 0.832. The summed E-state index contributed by atoms with van der Waals surface area (Å²) in [6.07, 6.45) is 2.37. The van der Waals surface area contributed by atoms with Gasteiger partial charge < -0.3 is 11.5 Å². The Morgan fingerprint density at radius 2 is 1.81 bits per heavy atom. The van der Waals surface area contributed by atoms with E-state index in [2.05, 4.69) is 4.98 Å². The molecule has 1 aromatic heterocycles. The molecule has 2 aromatic rings. The summed E-state index contributed by atoms with van der Waals surface area (Å²) in [7, 11) is 0. The van der Waals surface area contributed by atoms with E-state index in [-0.39, 0.29) is 11.6 Å². The largest absolute Gasteiger partial charge is 0.416 e. The van der Waals surface area contributed by atoms with Crippen molar-refractivity contribution in [3.05, 3.63) is 53.7 Å². The molecule has 0 aliphatic heterocycles. The Labute approximate surface area is 157 Å². The zero-order valence-electron chi connectivity index (χ0n) is 15.0. The van der Waals surface area contributed by atoms with Crippen molar-refractivity contribution < 1.29 is 13.2 Å². The highest BCUT2D eigenvalue weighted by Gasteiger charge is 2.51. The lowest BCUT2D eigenvalue weighted by Gasteiger charge is -2.36. The van der Waals surface area contributed by atoms with Gasteiger partial charge in [0.1, 0.15) is 0 Å². The molecule has 0 amide bonds. The molecule has 144 valence electrons. The number of aromatic nitrogens is 1. The van der Waals surface area contributed by atoms with Crippen molar-refractivity contribution in [3.63, 3.8) is 0 Å². The van der Waals surface area contributed by atoms with Gasteiger partial charge in [-0.15, -0.1) is 0 Å². The number of nitrogens with zero attached hydrogens (tertiary/aromatic N) is 1. The number of rotatable bonds is 3. The molecule has 4 N–H and O–H groups in total. The summed E-state index contributed by atoms with van der Waals surface area (Å²) in [4.78, 5) is 4.42. The van der Waals surface area contributed by atoms with Crippen molar-refractivity contribution in [1.29, 1.82) is 0 Å². The highest BCUT2D eigenvalue weighted by molar-refractivity contribution is 5.60. The van der Waals surface area contributed by atoms with E-state index in [9.17, 15) is 13.2 Å². The number of alkyl halides is 3. The summed E-state index contributed by atoms with van der Waals surface area (Å²) in [5, 5.41) is 0. The van der Waals surface area contributed by atoms with Gasteiger partial charge in [0.2, 0.25) is 0 Å². The van der Waals surface area contributed by atoms with Crippen molar-refractivity contribution in [2.45, 2.75) is 55.8 Å². The van der Waals surface area contributed by atoms with Gasteiger partial charge in [0.25, 0.3) is 0 Å². The third-order valence-electron chi connectivity index (χ3n) is 6.19. The van der Waals surface area contributed by atoms with Crippen LogP contribution < -0.4 is 11.5 Å². The Morgan fingerprint density at radius 1 is 1.07 bits per heavy atom. The Bertz CT molecular complexity index is 808. The molecule has 2 aliphatic carbocycles. The highest BCUT2D eigenvalue weighted by atomic mass is 19.4. The first-order valence-corrected chi connectivity index (χ1v) is 9.44. The first kappa shape index (κ1) is 18.4. The van der Waals surface area contributed by atoms with Gasteiger partial charge in [0.05, 0.1) is 11.3 Å². The molecular weight excluding hydrogens is 351 g/mol. The molecule has 2 aliphatic rings. The Balaban J connectivity index is 1.48. The Hall–Kier alpha value is -1.92. The van der Waals surface area contributed by atoms with Gasteiger partial charge in [-0.1, -0.05) is 18.2 Å². The van der Waals surface area contributed by atoms with Crippen LogP contribution in [-0.4, -0.2) is 16.6 Å². The average Bonchev–Trinajstić information content (AvgIpc) is 3.46. The van der Waals surface area contributed by atoms with E-state index < -0.39 is 11.7 Å². The van der Waals surface area contributed by atoms with Crippen LogP contribution in [0.4, 0.5) is 13.2 Å². The molecule has 2 atom stereocenters. The predicted octanol–water partition coefficient (Wildman–Crippen LogP) is 4.47. The maximum Gasteiger partial charge on any atom is 0.416 e. The molecule has 0 saturated heterocycles. The van der Waals surface area contributed by atoms with Crippen molar-refractivity contribution in [2.75, 3.05) is 0 Å². The van der Waals surface area contributed by atoms with Gasteiger partial charge in [-0.3, -0.25) is 4.98 Å². The fourth-order valence-electron chi connectivity index (χ4n) is 4.40. The molecule has 6 heteroatoms. The second kappa shape index (κ2) is 6.60. The second-order valence-corrected chi connectivity index (χ2v) is 8.07. The minimum absolute atomic E-state index is 0.139. The molecular formula is C21H24F3N3. The molecule has 2 saturated carbocycles. The van der Waals surface area contributed by atoms with Crippen molar-refractivity contribution in [1.82, 2.24) is 4.98 Å². The van der Waals surface area contributed by atoms with Gasteiger partial charge in [-0.05, 0) is 67.7 Å². The maximum absolute atomic E-state index is 12.9. The lowest BCUT2D eigenvalue weighted by atomic mass is 9.76. The number of nitrogens with two attached hydrogens (primary N) is 2. The molecule has 4 rings (SSSR count). The van der Waals surface area contributed by atoms with Gasteiger partial charge >= 0.3 is 6.18 Å². The number of halogens is 3. The summed E-state index contributed by atoms with van der Waals surface area (Å²) >= 11 is 0. The van der Waals surface area contributed by atoms with Crippen LogP contribution in [0.1, 0.15) is 49.1 Å². The number of benzene rings is 1. The molecule has 2 unspecified atom stereocenters. The summed E-state index contributed by atoms with van der Waals surface area (Å²) in [5.74, 6) is 0.846. The van der Waals surface area contributed by atoms with E-state index >= 15 is 0 Å². The van der Waals surface area contributed by atoms with E-state index in [1.807, 2.05) is 6.07 Å². The fraction of sp³-hybridized carbons (Fsp3) is 0.476. The molecule has 27 heavy (non-hydrogen) atoms. The predicted molar refractivity (Wildman–Crippen MR) is 98.9 cm³/mol. The van der Waals surface area contributed by atoms with Crippen molar-refractivity contribution in [2.24, 2.45) is 17.4 Å². The SMILES string of the molecule is NC1CCC(N)(C2CC2c2ccc(-c3cccc(C(F)(F)F)c3)nc2)CC1. The fourth-order valence-corrected chi connectivity index (χ4v) is 4.40. The van der Waals surface area contributed by atoms with Crippen LogP contribution in [0.25, 0.3) is 11.3 Å². The van der Waals surface area contributed by atoms with Crippen molar-refractivity contribution >= 4 is 0 Å². The van der Waals surface area contributed by atoms with E-state index in [0.29, 0.717) is 23.1 Å². The second-order valence-electron chi connectivity index (χ2n) is 8.07. The standard InChI is InChI=1S/C21H24F3N3/c22-21(23,24)15-3-1-2-13(10-15)19-5-4-14(12-27-19)17-11-18(17)20(26)8-6-16(25)7-9-20/h1-5,10,12,16-18H,6-9,11,25-26H2. The van der Waals surface area contributed by atoms with Gasteiger partial charge in [0, 0.05) is 23.3 Å². The normalized spacial score (nSPS) is 30.9. The Kier molecular flexibility index (Phi) is 4.51. The van der Waals surface area contributed by atoms with Crippen LogP contribution in [0, 0.1) is 5.92 Å². The smallest absolute Gasteiger partial charge is 0.328 e. The van der Waals surface area contributed by atoms with E-state index in [0.717, 1.165) is 49.8 Å². The summed E-state index contributed by atoms with van der Waals surface area (Å²) in [6, 6.07) is 9.33. The summed E-state index contributed by atoms with van der Waals surface area (Å²) < 4.78 is 38.7. The lowest BCUT2D eigenvalue weighted by molar-refractivity contribution is -0.137. The molecule has 2 fully saturated rings. The third-order valence-corrected chi connectivity index (χ3v) is 6.19. The zero-order valence-corrected chi connectivity index (χ0v) is 15.0. The van der Waals surface area contributed by atoms with E-state index in [1.54, 1.807) is 18.3 Å². The number of hydrogen-bond donors (Lipinski definition) is 2. The van der Waals surface area contributed by atoms with Crippen LogP contribution in [0.2, 0.25) is 0 Å². The van der Waals surface area contributed by atoms with Crippen LogP contribution in [-0.2, 0) is 6.18 Å². The van der Waals surface area contributed by atoms with Crippen molar-refractivity contribution in [3.8, 4) is 11.3 Å².